The smallest absolute Gasteiger partial charge is 0.0751 e. The molecule has 0 spiro atoms. The van der Waals surface area contributed by atoms with Crippen molar-refractivity contribution in [2.24, 2.45) is 0 Å². The summed E-state index contributed by atoms with van der Waals surface area (Å²) < 4.78 is 2.08. The van der Waals surface area contributed by atoms with Crippen LogP contribution in [0.1, 0.15) is 43.1 Å². The molecule has 1 aromatic carbocycles. The molecule has 108 valence electrons. The molecule has 0 saturated heterocycles. The van der Waals surface area contributed by atoms with Gasteiger partial charge in [-0.05, 0) is 43.1 Å². The first kappa shape index (κ1) is 15.1. The van der Waals surface area contributed by atoms with E-state index in [1.165, 1.54) is 11.3 Å². The second-order valence-electron chi connectivity index (χ2n) is 4.92. The maximum absolute atomic E-state index is 6.27. The molecule has 0 bridgehead atoms. The molecule has 1 heterocycles. The average molecular weight is 292 g/mol. The summed E-state index contributed by atoms with van der Waals surface area (Å²) in [6.07, 6.45) is 2.94. The van der Waals surface area contributed by atoms with Gasteiger partial charge in [-0.15, -0.1) is 0 Å². The zero-order valence-corrected chi connectivity index (χ0v) is 13.1. The minimum atomic E-state index is 0.132. The maximum Gasteiger partial charge on any atom is 0.0751 e. The van der Waals surface area contributed by atoms with Crippen LogP contribution in [0.15, 0.2) is 30.5 Å². The highest BCUT2D eigenvalue weighted by Gasteiger charge is 2.19. The summed E-state index contributed by atoms with van der Waals surface area (Å²) in [4.78, 5) is 0. The summed E-state index contributed by atoms with van der Waals surface area (Å²) in [5, 5.41) is 8.79. The molecule has 0 radical (unpaired) electrons. The minimum Gasteiger partial charge on any atom is -0.305 e. The second-order valence-corrected chi connectivity index (χ2v) is 5.33. The lowest BCUT2D eigenvalue weighted by Crippen LogP contribution is -2.25. The van der Waals surface area contributed by atoms with Crippen LogP contribution in [0.5, 0.6) is 0 Å². The third kappa shape index (κ3) is 3.05. The average Bonchev–Trinajstić information content (AvgIpc) is 2.88. The lowest BCUT2D eigenvalue weighted by atomic mass is 9.98. The van der Waals surface area contributed by atoms with Crippen molar-refractivity contribution in [1.82, 2.24) is 15.1 Å². The predicted molar refractivity (Wildman–Crippen MR) is 84.2 cm³/mol. The molecule has 0 aliphatic carbocycles. The lowest BCUT2D eigenvalue weighted by molar-refractivity contribution is 0.519. The van der Waals surface area contributed by atoms with E-state index in [0.717, 1.165) is 30.1 Å². The molecule has 2 rings (SSSR count). The number of hydrogen-bond acceptors (Lipinski definition) is 2. The summed E-state index contributed by atoms with van der Waals surface area (Å²) in [6.45, 7) is 8.19. The van der Waals surface area contributed by atoms with Gasteiger partial charge in [0.15, 0.2) is 0 Å². The Labute approximate surface area is 126 Å². The monoisotopic (exact) mass is 291 g/mol. The Kier molecular flexibility index (Phi) is 5.21. The van der Waals surface area contributed by atoms with Gasteiger partial charge in [-0.2, -0.15) is 5.10 Å². The van der Waals surface area contributed by atoms with Crippen molar-refractivity contribution in [2.75, 3.05) is 6.54 Å². The van der Waals surface area contributed by atoms with Gasteiger partial charge in [0.25, 0.3) is 0 Å². The molecule has 0 aliphatic rings. The van der Waals surface area contributed by atoms with Crippen molar-refractivity contribution >= 4 is 11.6 Å². The first-order chi connectivity index (χ1) is 9.69. The van der Waals surface area contributed by atoms with Gasteiger partial charge in [-0.3, -0.25) is 4.68 Å². The third-order valence-electron chi connectivity index (χ3n) is 3.51. The van der Waals surface area contributed by atoms with Gasteiger partial charge in [-0.25, -0.2) is 0 Å². The number of hydrogen-bond donors (Lipinski definition) is 1. The predicted octanol–water partition coefficient (Wildman–Crippen LogP) is 3.95. The van der Waals surface area contributed by atoms with Crippen molar-refractivity contribution in [3.63, 3.8) is 0 Å². The fourth-order valence-electron chi connectivity index (χ4n) is 2.50. The normalized spacial score (nSPS) is 12.6. The fourth-order valence-corrected chi connectivity index (χ4v) is 2.68. The van der Waals surface area contributed by atoms with Gasteiger partial charge in [0.2, 0.25) is 0 Å². The quantitative estimate of drug-likeness (QED) is 0.873. The Hall–Kier alpha value is -1.32. The molecule has 0 saturated carbocycles. The van der Waals surface area contributed by atoms with Gasteiger partial charge in [0, 0.05) is 17.8 Å². The number of aromatic nitrogens is 2. The van der Waals surface area contributed by atoms with Crippen LogP contribution in [-0.2, 0) is 6.54 Å². The van der Waals surface area contributed by atoms with Crippen molar-refractivity contribution in [1.29, 1.82) is 0 Å². The van der Waals surface area contributed by atoms with Crippen LogP contribution >= 0.6 is 11.6 Å². The molecule has 0 amide bonds. The van der Waals surface area contributed by atoms with Crippen LogP contribution in [0.4, 0.5) is 0 Å². The van der Waals surface area contributed by atoms with Crippen molar-refractivity contribution in [2.45, 2.75) is 39.8 Å². The van der Waals surface area contributed by atoms with E-state index < -0.39 is 0 Å². The van der Waals surface area contributed by atoms with Crippen molar-refractivity contribution in [3.05, 3.63) is 52.3 Å². The first-order valence-corrected chi connectivity index (χ1v) is 7.56. The van der Waals surface area contributed by atoms with Crippen LogP contribution in [0, 0.1) is 6.92 Å². The summed E-state index contributed by atoms with van der Waals surface area (Å²) in [6, 6.07) is 8.30. The molecule has 2 aromatic rings. The van der Waals surface area contributed by atoms with Crippen LogP contribution in [-0.4, -0.2) is 16.3 Å². The Bertz CT molecular complexity index is 563. The summed E-state index contributed by atoms with van der Waals surface area (Å²) in [5.41, 5.74) is 3.54. The molecule has 1 atom stereocenters. The highest BCUT2D eigenvalue weighted by Crippen LogP contribution is 2.28. The number of aryl methyl sites for hydroxylation is 1. The number of nitrogens with zero attached hydrogens (tertiary/aromatic N) is 2. The van der Waals surface area contributed by atoms with Gasteiger partial charge in [0.1, 0.15) is 0 Å². The number of halogens is 1. The summed E-state index contributed by atoms with van der Waals surface area (Å²) in [5.74, 6) is 0. The van der Waals surface area contributed by atoms with E-state index in [-0.39, 0.29) is 6.04 Å². The molecule has 1 unspecified atom stereocenters. The Morgan fingerprint density at radius 2 is 2.10 bits per heavy atom. The van der Waals surface area contributed by atoms with E-state index in [1.54, 1.807) is 0 Å². The summed E-state index contributed by atoms with van der Waals surface area (Å²) >= 11 is 6.27. The second kappa shape index (κ2) is 6.91. The van der Waals surface area contributed by atoms with E-state index in [2.05, 4.69) is 48.0 Å². The Morgan fingerprint density at radius 3 is 2.80 bits per heavy atom. The minimum absolute atomic E-state index is 0.132. The molecule has 0 fully saturated rings. The van der Waals surface area contributed by atoms with Crippen LogP contribution in [0.2, 0.25) is 5.02 Å². The van der Waals surface area contributed by atoms with Crippen LogP contribution in [0.25, 0.3) is 0 Å². The first-order valence-electron chi connectivity index (χ1n) is 7.19. The van der Waals surface area contributed by atoms with Gasteiger partial charge >= 0.3 is 0 Å². The highest BCUT2D eigenvalue weighted by atomic mass is 35.5. The fraction of sp³-hybridized carbons (Fsp3) is 0.438. The SMILES string of the molecule is CCCn1nccc1C(NCC)c1cccc(Cl)c1C. The van der Waals surface area contributed by atoms with E-state index in [4.69, 9.17) is 11.6 Å². The van der Waals surface area contributed by atoms with Gasteiger partial charge < -0.3 is 5.32 Å². The number of benzene rings is 1. The molecular formula is C16H22ClN3. The summed E-state index contributed by atoms with van der Waals surface area (Å²) in [7, 11) is 0. The Balaban J connectivity index is 2.45. The zero-order chi connectivity index (χ0) is 14.5. The number of rotatable bonds is 6. The van der Waals surface area contributed by atoms with E-state index >= 15 is 0 Å². The van der Waals surface area contributed by atoms with Crippen LogP contribution < -0.4 is 5.32 Å². The zero-order valence-electron chi connectivity index (χ0n) is 12.4. The molecule has 20 heavy (non-hydrogen) atoms. The van der Waals surface area contributed by atoms with Crippen molar-refractivity contribution in [3.8, 4) is 0 Å². The van der Waals surface area contributed by atoms with E-state index in [1.807, 2.05) is 18.3 Å². The number of nitrogens with one attached hydrogen (secondary N) is 1. The third-order valence-corrected chi connectivity index (χ3v) is 3.92. The molecule has 3 nitrogen and oxygen atoms in total. The molecule has 1 aromatic heterocycles. The van der Waals surface area contributed by atoms with E-state index in [0.29, 0.717) is 0 Å². The van der Waals surface area contributed by atoms with Gasteiger partial charge in [0.05, 0.1) is 11.7 Å². The molecule has 1 N–H and O–H groups in total. The molecular weight excluding hydrogens is 270 g/mol. The van der Waals surface area contributed by atoms with Crippen LogP contribution in [0.3, 0.4) is 0 Å². The van der Waals surface area contributed by atoms with Crippen molar-refractivity contribution < 1.29 is 0 Å². The molecule has 4 heteroatoms. The lowest BCUT2D eigenvalue weighted by Gasteiger charge is -2.22. The van der Waals surface area contributed by atoms with E-state index in [9.17, 15) is 0 Å². The largest absolute Gasteiger partial charge is 0.305 e. The highest BCUT2D eigenvalue weighted by molar-refractivity contribution is 6.31. The maximum atomic E-state index is 6.27. The molecule has 0 aliphatic heterocycles. The Morgan fingerprint density at radius 1 is 1.30 bits per heavy atom. The van der Waals surface area contributed by atoms with Gasteiger partial charge in [-0.1, -0.05) is 37.6 Å². The topological polar surface area (TPSA) is 29.9 Å². The standard InChI is InChI=1S/C16H22ClN3/c1-4-11-20-15(9-10-19-20)16(18-5-2)13-7-6-8-14(17)12(13)3/h6-10,16,18H,4-5,11H2,1-3H3.